The van der Waals surface area contributed by atoms with Crippen LogP contribution in [0.4, 0.5) is 0 Å². The molecule has 1 fully saturated rings. The molecule has 0 spiro atoms. The number of hydrogen-bond acceptors (Lipinski definition) is 4. The highest BCUT2D eigenvalue weighted by molar-refractivity contribution is 5.95. The first kappa shape index (κ1) is 14.0. The highest BCUT2D eigenvalue weighted by Crippen LogP contribution is 2.19. The van der Waals surface area contributed by atoms with Crippen molar-refractivity contribution in [3.05, 3.63) is 29.2 Å². The van der Waals surface area contributed by atoms with E-state index in [1.807, 2.05) is 19.9 Å². The Balaban J connectivity index is 1.85. The molecule has 2 aromatic rings. The van der Waals surface area contributed by atoms with E-state index in [1.54, 1.807) is 10.7 Å². The summed E-state index contributed by atoms with van der Waals surface area (Å²) < 4.78 is 1.68. The van der Waals surface area contributed by atoms with Crippen molar-refractivity contribution in [2.24, 2.45) is 0 Å². The van der Waals surface area contributed by atoms with Gasteiger partial charge in [-0.1, -0.05) is 12.8 Å². The van der Waals surface area contributed by atoms with Gasteiger partial charge in [0.2, 0.25) is 0 Å². The van der Waals surface area contributed by atoms with Gasteiger partial charge in [-0.15, -0.1) is 0 Å². The Kier molecular flexibility index (Phi) is 3.63. The third kappa shape index (κ3) is 2.63. The smallest absolute Gasteiger partial charge is 0.255 e. The fourth-order valence-corrected chi connectivity index (χ4v) is 2.91. The number of carbonyl (C=O) groups excluding carboxylic acids is 1. The topological polar surface area (TPSA) is 79.5 Å². The maximum absolute atomic E-state index is 12.4. The molecule has 2 atom stereocenters. The minimum absolute atomic E-state index is 0.166. The van der Waals surface area contributed by atoms with Crippen LogP contribution in [0, 0.1) is 13.8 Å². The summed E-state index contributed by atoms with van der Waals surface area (Å²) in [6.45, 7) is 3.75. The molecule has 1 amide bonds. The van der Waals surface area contributed by atoms with Crippen LogP contribution in [0.3, 0.4) is 0 Å². The van der Waals surface area contributed by atoms with E-state index < -0.39 is 6.10 Å². The molecule has 2 heterocycles. The van der Waals surface area contributed by atoms with Crippen LogP contribution < -0.4 is 5.32 Å². The van der Waals surface area contributed by atoms with Gasteiger partial charge in [0.05, 0.1) is 29.1 Å². The van der Waals surface area contributed by atoms with Gasteiger partial charge in [-0.2, -0.15) is 5.10 Å². The van der Waals surface area contributed by atoms with Crippen LogP contribution in [0.2, 0.25) is 0 Å². The molecule has 2 aromatic heterocycles. The maximum Gasteiger partial charge on any atom is 0.255 e. The highest BCUT2D eigenvalue weighted by Gasteiger charge is 2.25. The molecule has 0 saturated heterocycles. The van der Waals surface area contributed by atoms with Crippen molar-refractivity contribution in [2.75, 3.05) is 0 Å². The Bertz CT molecular complexity index is 680. The van der Waals surface area contributed by atoms with Crippen molar-refractivity contribution in [3.8, 4) is 0 Å². The van der Waals surface area contributed by atoms with Crippen molar-refractivity contribution in [3.63, 3.8) is 0 Å². The van der Waals surface area contributed by atoms with Crippen molar-refractivity contribution in [2.45, 2.75) is 51.7 Å². The van der Waals surface area contributed by atoms with Gasteiger partial charge < -0.3 is 10.4 Å². The van der Waals surface area contributed by atoms with Crippen molar-refractivity contribution >= 4 is 11.6 Å². The van der Waals surface area contributed by atoms with Crippen molar-refractivity contribution in [1.82, 2.24) is 19.9 Å². The zero-order valence-corrected chi connectivity index (χ0v) is 12.3. The molecule has 6 nitrogen and oxygen atoms in total. The lowest BCUT2D eigenvalue weighted by molar-refractivity contribution is 0.0716. The number of rotatable bonds is 2. The molecule has 112 valence electrons. The summed E-state index contributed by atoms with van der Waals surface area (Å²) in [5, 5.41) is 17.2. The number of aliphatic hydroxyl groups excluding tert-OH is 1. The number of aromatic nitrogens is 3. The van der Waals surface area contributed by atoms with Gasteiger partial charge in [0.15, 0.2) is 5.65 Å². The monoisotopic (exact) mass is 288 g/mol. The Morgan fingerprint density at radius 1 is 1.38 bits per heavy atom. The minimum Gasteiger partial charge on any atom is -0.391 e. The quantitative estimate of drug-likeness (QED) is 0.875. The largest absolute Gasteiger partial charge is 0.391 e. The average Bonchev–Trinajstić information content (AvgIpc) is 2.83. The molecule has 0 aliphatic heterocycles. The standard InChI is InChI=1S/C15H20N4O2/c1-9-7-14-16-8-11(10(2)19(14)18-9)15(21)17-12-5-3-4-6-13(12)20/h7-8,12-13,20H,3-6H2,1-2H3,(H,17,21). The van der Waals surface area contributed by atoms with Gasteiger partial charge in [-0.25, -0.2) is 9.50 Å². The molecule has 2 unspecified atom stereocenters. The van der Waals surface area contributed by atoms with Gasteiger partial charge in [0.1, 0.15) is 0 Å². The molecule has 21 heavy (non-hydrogen) atoms. The van der Waals surface area contributed by atoms with Crippen LogP contribution in [0.1, 0.15) is 47.4 Å². The number of nitrogens with zero attached hydrogens (tertiary/aromatic N) is 3. The second-order valence-electron chi connectivity index (χ2n) is 5.74. The number of aliphatic hydroxyl groups is 1. The first-order chi connectivity index (χ1) is 10.1. The molecule has 0 bridgehead atoms. The number of hydrogen-bond donors (Lipinski definition) is 2. The number of aryl methyl sites for hydroxylation is 2. The predicted molar refractivity (Wildman–Crippen MR) is 78.2 cm³/mol. The van der Waals surface area contributed by atoms with E-state index in [2.05, 4.69) is 15.4 Å². The molecule has 2 N–H and O–H groups in total. The van der Waals surface area contributed by atoms with Gasteiger partial charge in [-0.3, -0.25) is 4.79 Å². The molecule has 1 aliphatic carbocycles. The zero-order chi connectivity index (χ0) is 15.0. The molecule has 0 radical (unpaired) electrons. The second kappa shape index (κ2) is 5.44. The number of amides is 1. The fourth-order valence-electron chi connectivity index (χ4n) is 2.91. The van der Waals surface area contributed by atoms with Gasteiger partial charge in [0, 0.05) is 12.3 Å². The molecule has 3 rings (SSSR count). The van der Waals surface area contributed by atoms with Gasteiger partial charge in [0.25, 0.3) is 5.91 Å². The Morgan fingerprint density at radius 2 is 2.14 bits per heavy atom. The number of fused-ring (bicyclic) bond motifs is 1. The average molecular weight is 288 g/mol. The number of nitrogens with one attached hydrogen (secondary N) is 1. The molecule has 1 saturated carbocycles. The van der Waals surface area contributed by atoms with E-state index >= 15 is 0 Å². The van der Waals surface area contributed by atoms with Crippen LogP contribution in [0.5, 0.6) is 0 Å². The van der Waals surface area contributed by atoms with Crippen LogP contribution in [0.15, 0.2) is 12.3 Å². The second-order valence-corrected chi connectivity index (χ2v) is 5.74. The van der Waals surface area contributed by atoms with E-state index in [1.165, 1.54) is 0 Å². The maximum atomic E-state index is 12.4. The summed E-state index contributed by atoms with van der Waals surface area (Å²) >= 11 is 0. The minimum atomic E-state index is -0.452. The Labute approximate surface area is 123 Å². The molecule has 1 aliphatic rings. The van der Waals surface area contributed by atoms with Crippen LogP contribution >= 0.6 is 0 Å². The summed E-state index contributed by atoms with van der Waals surface area (Å²) in [5.74, 6) is -0.194. The summed E-state index contributed by atoms with van der Waals surface area (Å²) in [4.78, 5) is 16.7. The first-order valence-electron chi connectivity index (χ1n) is 7.37. The lowest BCUT2D eigenvalue weighted by atomic mass is 9.92. The molecule has 0 aromatic carbocycles. The van der Waals surface area contributed by atoms with Crippen LogP contribution in [-0.2, 0) is 0 Å². The summed E-state index contributed by atoms with van der Waals surface area (Å²) in [6, 6.07) is 1.71. The molecule has 6 heteroatoms. The first-order valence-corrected chi connectivity index (χ1v) is 7.37. The summed E-state index contributed by atoms with van der Waals surface area (Å²) in [7, 11) is 0. The SMILES string of the molecule is Cc1cc2ncc(C(=O)NC3CCCCC3O)c(C)n2n1. The van der Waals surface area contributed by atoms with Gasteiger partial charge in [-0.05, 0) is 26.7 Å². The Morgan fingerprint density at radius 3 is 2.90 bits per heavy atom. The normalized spacial score (nSPS) is 22.4. The van der Waals surface area contributed by atoms with E-state index in [-0.39, 0.29) is 11.9 Å². The Hall–Kier alpha value is -1.95. The summed E-state index contributed by atoms with van der Waals surface area (Å²) in [5.41, 5.74) is 2.87. The van der Waals surface area contributed by atoms with E-state index in [4.69, 9.17) is 0 Å². The van der Waals surface area contributed by atoms with E-state index in [0.29, 0.717) is 5.56 Å². The molecular weight excluding hydrogens is 268 g/mol. The highest BCUT2D eigenvalue weighted by atomic mass is 16.3. The fraction of sp³-hybridized carbons (Fsp3) is 0.533. The van der Waals surface area contributed by atoms with E-state index in [0.717, 1.165) is 42.7 Å². The predicted octanol–water partition coefficient (Wildman–Crippen LogP) is 1.38. The molecular formula is C15H20N4O2. The van der Waals surface area contributed by atoms with Crippen LogP contribution in [0.25, 0.3) is 5.65 Å². The summed E-state index contributed by atoms with van der Waals surface area (Å²) in [6.07, 6.45) is 4.76. The van der Waals surface area contributed by atoms with Crippen molar-refractivity contribution < 1.29 is 9.90 Å². The number of carbonyl (C=O) groups is 1. The third-order valence-corrected chi connectivity index (χ3v) is 4.14. The van der Waals surface area contributed by atoms with Crippen LogP contribution in [-0.4, -0.2) is 37.8 Å². The third-order valence-electron chi connectivity index (χ3n) is 4.14. The lowest BCUT2D eigenvalue weighted by Gasteiger charge is -2.28. The van der Waals surface area contributed by atoms with Crippen molar-refractivity contribution in [1.29, 1.82) is 0 Å². The zero-order valence-electron chi connectivity index (χ0n) is 12.3. The van der Waals surface area contributed by atoms with E-state index in [9.17, 15) is 9.90 Å². The van der Waals surface area contributed by atoms with Gasteiger partial charge >= 0.3 is 0 Å². The lowest BCUT2D eigenvalue weighted by Crippen LogP contribution is -2.45.